The van der Waals surface area contributed by atoms with Gasteiger partial charge < -0.3 is 5.32 Å². The average molecular weight is 210 g/mol. The van der Waals surface area contributed by atoms with Crippen molar-refractivity contribution in [1.29, 1.82) is 0 Å². The van der Waals surface area contributed by atoms with Crippen molar-refractivity contribution in [3.05, 3.63) is 53.9 Å². The fraction of sp³-hybridized carbons (Fsp3) is 0.214. The molecule has 0 radical (unpaired) electrons. The van der Waals surface area contributed by atoms with Crippen LogP contribution < -0.4 is 5.32 Å². The van der Waals surface area contributed by atoms with Gasteiger partial charge >= 0.3 is 0 Å². The van der Waals surface area contributed by atoms with Crippen LogP contribution in [0.15, 0.2) is 42.6 Å². The van der Waals surface area contributed by atoms with E-state index in [9.17, 15) is 0 Å². The molecule has 16 heavy (non-hydrogen) atoms. The van der Waals surface area contributed by atoms with Gasteiger partial charge in [0.05, 0.1) is 5.69 Å². The summed E-state index contributed by atoms with van der Waals surface area (Å²) in [6.07, 6.45) is 2.99. The summed E-state index contributed by atoms with van der Waals surface area (Å²) in [5, 5.41) is 3.36. The van der Waals surface area contributed by atoms with Crippen molar-refractivity contribution >= 4 is 0 Å². The molecule has 2 nitrogen and oxygen atoms in total. The topological polar surface area (TPSA) is 24.9 Å². The Labute approximate surface area is 95.3 Å². The predicted molar refractivity (Wildman–Crippen MR) is 65.1 cm³/mol. The molecule has 1 aromatic carbocycles. The first-order valence-electron chi connectivity index (χ1n) is 5.68. The average Bonchev–Trinajstić information content (AvgIpc) is 2.39. The Morgan fingerprint density at radius 2 is 1.94 bits per heavy atom. The number of nitrogens with one attached hydrogen (secondary N) is 1. The molecule has 2 aromatic rings. The maximum Gasteiger partial charge on any atom is 0.0580 e. The molecule has 0 saturated carbocycles. The Bertz CT molecular complexity index is 491. The van der Waals surface area contributed by atoms with Crippen LogP contribution in [-0.4, -0.2) is 11.5 Å². The molecule has 1 N–H and O–H groups in total. The number of hydrogen-bond acceptors (Lipinski definition) is 2. The van der Waals surface area contributed by atoms with Crippen molar-refractivity contribution < 1.29 is 0 Å². The molecule has 1 aromatic heterocycles. The van der Waals surface area contributed by atoms with E-state index in [0.29, 0.717) is 0 Å². The van der Waals surface area contributed by atoms with E-state index >= 15 is 0 Å². The summed E-state index contributed by atoms with van der Waals surface area (Å²) in [6, 6.07) is 12.7. The molecule has 0 spiro atoms. The molecule has 2 heteroatoms. The quantitative estimate of drug-likeness (QED) is 0.781. The highest BCUT2D eigenvalue weighted by Gasteiger charge is 2.14. The van der Waals surface area contributed by atoms with Crippen LogP contribution in [0.2, 0.25) is 0 Å². The fourth-order valence-corrected chi connectivity index (χ4v) is 2.28. The molecule has 0 saturated heterocycles. The zero-order chi connectivity index (χ0) is 10.8. The molecule has 0 atom stereocenters. The summed E-state index contributed by atoms with van der Waals surface area (Å²) in [5.74, 6) is 0. The maximum absolute atomic E-state index is 4.44. The number of fused-ring (bicyclic) bond motifs is 1. The van der Waals surface area contributed by atoms with E-state index in [1.807, 2.05) is 6.20 Å². The van der Waals surface area contributed by atoms with E-state index in [4.69, 9.17) is 0 Å². The number of hydrogen-bond donors (Lipinski definition) is 1. The lowest BCUT2D eigenvalue weighted by Gasteiger charge is -2.19. The summed E-state index contributed by atoms with van der Waals surface area (Å²) in [4.78, 5) is 4.44. The lowest BCUT2D eigenvalue weighted by atomic mass is 9.95. The second-order valence-corrected chi connectivity index (χ2v) is 4.08. The summed E-state index contributed by atoms with van der Waals surface area (Å²) in [7, 11) is 0. The molecule has 0 bridgehead atoms. The number of rotatable bonds is 1. The third-order valence-corrected chi connectivity index (χ3v) is 3.07. The van der Waals surface area contributed by atoms with Gasteiger partial charge in [0.2, 0.25) is 0 Å². The number of pyridine rings is 1. The zero-order valence-corrected chi connectivity index (χ0v) is 9.11. The Hall–Kier alpha value is -1.67. The van der Waals surface area contributed by atoms with Gasteiger partial charge in [-0.05, 0) is 35.7 Å². The minimum atomic E-state index is 0.899. The summed E-state index contributed by atoms with van der Waals surface area (Å²) in [5.41, 5.74) is 5.25. The van der Waals surface area contributed by atoms with Crippen LogP contribution in [0.1, 0.15) is 11.3 Å². The van der Waals surface area contributed by atoms with E-state index in [1.165, 1.54) is 22.4 Å². The van der Waals surface area contributed by atoms with Crippen molar-refractivity contribution in [2.75, 3.05) is 6.54 Å². The SMILES string of the molecule is c1ccc(-c2ccnc3c2CCNC3)cc1. The highest BCUT2D eigenvalue weighted by Crippen LogP contribution is 2.26. The van der Waals surface area contributed by atoms with E-state index in [1.54, 1.807) is 0 Å². The monoisotopic (exact) mass is 210 g/mol. The van der Waals surface area contributed by atoms with Crippen molar-refractivity contribution in [3.8, 4) is 11.1 Å². The maximum atomic E-state index is 4.44. The van der Waals surface area contributed by atoms with Gasteiger partial charge in [-0.15, -0.1) is 0 Å². The molecule has 80 valence electrons. The number of benzene rings is 1. The van der Waals surface area contributed by atoms with Crippen LogP contribution in [0.5, 0.6) is 0 Å². The van der Waals surface area contributed by atoms with Crippen LogP contribution in [0.25, 0.3) is 11.1 Å². The van der Waals surface area contributed by atoms with E-state index in [0.717, 1.165) is 19.5 Å². The van der Waals surface area contributed by atoms with Crippen LogP contribution in [-0.2, 0) is 13.0 Å². The molecule has 0 amide bonds. The molecular formula is C14H14N2. The first-order chi connectivity index (χ1) is 7.95. The normalized spacial score (nSPS) is 14.5. The van der Waals surface area contributed by atoms with Gasteiger partial charge in [-0.25, -0.2) is 0 Å². The van der Waals surface area contributed by atoms with Crippen molar-refractivity contribution in [2.45, 2.75) is 13.0 Å². The molecule has 3 rings (SSSR count). The minimum Gasteiger partial charge on any atom is -0.311 e. The van der Waals surface area contributed by atoms with Gasteiger partial charge in [0.25, 0.3) is 0 Å². The van der Waals surface area contributed by atoms with Gasteiger partial charge in [-0.2, -0.15) is 0 Å². The van der Waals surface area contributed by atoms with Crippen LogP contribution in [0.4, 0.5) is 0 Å². The first-order valence-corrected chi connectivity index (χ1v) is 5.68. The Morgan fingerprint density at radius 3 is 2.81 bits per heavy atom. The lowest BCUT2D eigenvalue weighted by Crippen LogP contribution is -2.25. The molecule has 0 aliphatic carbocycles. The van der Waals surface area contributed by atoms with E-state index in [-0.39, 0.29) is 0 Å². The summed E-state index contributed by atoms with van der Waals surface area (Å²) < 4.78 is 0. The number of aromatic nitrogens is 1. The third-order valence-electron chi connectivity index (χ3n) is 3.07. The first kappa shape index (κ1) is 9.55. The predicted octanol–water partition coefficient (Wildman–Crippen LogP) is 2.39. The molecule has 0 unspecified atom stereocenters. The Morgan fingerprint density at radius 1 is 1.06 bits per heavy atom. The summed E-state index contributed by atoms with van der Waals surface area (Å²) >= 11 is 0. The highest BCUT2D eigenvalue weighted by molar-refractivity contribution is 5.68. The third kappa shape index (κ3) is 1.61. The van der Waals surface area contributed by atoms with Gasteiger partial charge in [-0.1, -0.05) is 30.3 Å². The molecule has 1 aliphatic heterocycles. The van der Waals surface area contributed by atoms with E-state index < -0.39 is 0 Å². The van der Waals surface area contributed by atoms with Crippen molar-refractivity contribution in [3.63, 3.8) is 0 Å². The second-order valence-electron chi connectivity index (χ2n) is 4.08. The molecule has 0 fully saturated rings. The highest BCUT2D eigenvalue weighted by atomic mass is 14.9. The minimum absolute atomic E-state index is 0.899. The smallest absolute Gasteiger partial charge is 0.0580 e. The van der Waals surface area contributed by atoms with Gasteiger partial charge in [-0.3, -0.25) is 4.98 Å². The van der Waals surface area contributed by atoms with E-state index in [2.05, 4.69) is 46.7 Å². The van der Waals surface area contributed by atoms with Crippen LogP contribution >= 0.6 is 0 Å². The van der Waals surface area contributed by atoms with Gasteiger partial charge in [0.15, 0.2) is 0 Å². The zero-order valence-electron chi connectivity index (χ0n) is 9.11. The van der Waals surface area contributed by atoms with Crippen LogP contribution in [0.3, 0.4) is 0 Å². The van der Waals surface area contributed by atoms with Crippen molar-refractivity contribution in [1.82, 2.24) is 10.3 Å². The van der Waals surface area contributed by atoms with Gasteiger partial charge in [0.1, 0.15) is 0 Å². The fourth-order valence-electron chi connectivity index (χ4n) is 2.28. The number of nitrogens with zero attached hydrogens (tertiary/aromatic N) is 1. The van der Waals surface area contributed by atoms with Crippen molar-refractivity contribution in [2.24, 2.45) is 0 Å². The largest absolute Gasteiger partial charge is 0.311 e. The van der Waals surface area contributed by atoms with Crippen LogP contribution in [0, 0.1) is 0 Å². The lowest BCUT2D eigenvalue weighted by molar-refractivity contribution is 0.628. The van der Waals surface area contributed by atoms with Gasteiger partial charge in [0, 0.05) is 12.7 Å². The Balaban J connectivity index is 2.14. The molecule has 1 aliphatic rings. The Kier molecular flexibility index (Phi) is 2.43. The second kappa shape index (κ2) is 4.06. The molecular weight excluding hydrogens is 196 g/mol. The standard InChI is InChI=1S/C14H14N2/c1-2-4-11(5-3-1)12-7-9-16-14-10-15-8-6-13(12)14/h1-5,7,9,15H,6,8,10H2. The summed E-state index contributed by atoms with van der Waals surface area (Å²) in [6.45, 7) is 1.95. The molecule has 2 heterocycles.